The zero-order valence-electron chi connectivity index (χ0n) is 29.8. The Morgan fingerprint density at radius 2 is 0.698 bits per heavy atom. The van der Waals surface area contributed by atoms with Crippen LogP contribution in [0.1, 0.15) is 22.3 Å². The summed E-state index contributed by atoms with van der Waals surface area (Å²) in [7, 11) is 0. The third kappa shape index (κ3) is 4.65. The molecule has 1 aliphatic rings. The van der Waals surface area contributed by atoms with E-state index in [1.54, 1.807) is 0 Å². The molecule has 2 heterocycles. The molecule has 2 heteroatoms. The van der Waals surface area contributed by atoms with Gasteiger partial charge in [0.2, 0.25) is 0 Å². The Morgan fingerprint density at radius 1 is 0.340 bits per heavy atom. The summed E-state index contributed by atoms with van der Waals surface area (Å²) in [5, 5.41) is 5.14. The van der Waals surface area contributed by atoms with Crippen LogP contribution in [0.2, 0.25) is 0 Å². The van der Waals surface area contributed by atoms with E-state index in [1.165, 1.54) is 111 Å². The molecule has 1 aliphatic carbocycles. The van der Waals surface area contributed by atoms with Crippen LogP contribution >= 0.6 is 0 Å². The lowest BCUT2D eigenvalue weighted by Crippen LogP contribution is -1.96. The molecule has 0 aliphatic heterocycles. The molecule has 0 unspecified atom stereocenters. The van der Waals surface area contributed by atoms with E-state index in [0.717, 1.165) is 6.42 Å². The van der Waals surface area contributed by atoms with Crippen LogP contribution in [0.4, 0.5) is 0 Å². The van der Waals surface area contributed by atoms with Gasteiger partial charge < -0.3 is 9.13 Å². The molecule has 53 heavy (non-hydrogen) atoms. The molecule has 8 aromatic carbocycles. The molecule has 0 saturated carbocycles. The first kappa shape index (κ1) is 30.0. The zero-order valence-corrected chi connectivity index (χ0v) is 29.8. The molecule has 0 bridgehead atoms. The van der Waals surface area contributed by atoms with Crippen LogP contribution in [0.25, 0.3) is 88.4 Å². The molecule has 0 saturated heterocycles. The molecule has 0 N–H and O–H groups in total. The topological polar surface area (TPSA) is 9.86 Å². The van der Waals surface area contributed by atoms with E-state index < -0.39 is 0 Å². The van der Waals surface area contributed by atoms with E-state index in [2.05, 4.69) is 193 Å². The molecule has 11 rings (SSSR count). The van der Waals surface area contributed by atoms with Crippen molar-refractivity contribution in [2.45, 2.75) is 20.3 Å². The Balaban J connectivity index is 1.02. The Labute approximate surface area is 308 Å². The van der Waals surface area contributed by atoms with E-state index in [9.17, 15) is 0 Å². The van der Waals surface area contributed by atoms with Gasteiger partial charge in [0, 0.05) is 32.9 Å². The summed E-state index contributed by atoms with van der Waals surface area (Å²) in [6.45, 7) is 4.43. The summed E-state index contributed by atoms with van der Waals surface area (Å²) in [5.41, 5.74) is 20.3. The van der Waals surface area contributed by atoms with Gasteiger partial charge in [0.05, 0.1) is 22.1 Å². The van der Waals surface area contributed by atoms with Gasteiger partial charge in [0.1, 0.15) is 0 Å². The monoisotopic (exact) mass is 676 g/mol. The molecule has 2 aromatic heterocycles. The number of rotatable bonds is 4. The van der Waals surface area contributed by atoms with Crippen LogP contribution in [0.5, 0.6) is 0 Å². The van der Waals surface area contributed by atoms with Crippen molar-refractivity contribution in [3.05, 3.63) is 192 Å². The Morgan fingerprint density at radius 3 is 1.08 bits per heavy atom. The maximum absolute atomic E-state index is 2.43. The number of para-hydroxylation sites is 4. The lowest BCUT2D eigenvalue weighted by molar-refractivity contribution is 1.17. The highest BCUT2D eigenvalue weighted by Gasteiger charge is 2.21. The first-order valence-electron chi connectivity index (χ1n) is 18.5. The minimum absolute atomic E-state index is 0.964. The fourth-order valence-corrected chi connectivity index (χ4v) is 9.05. The predicted molar refractivity (Wildman–Crippen MR) is 224 cm³/mol. The minimum Gasteiger partial charge on any atom is -0.309 e. The van der Waals surface area contributed by atoms with Gasteiger partial charge in [-0.2, -0.15) is 0 Å². The van der Waals surface area contributed by atoms with Crippen LogP contribution in [0, 0.1) is 13.8 Å². The van der Waals surface area contributed by atoms with Crippen LogP contribution in [-0.4, -0.2) is 9.13 Å². The van der Waals surface area contributed by atoms with Gasteiger partial charge in [0.15, 0.2) is 0 Å². The standard InChI is InChI=1S/C51H36N2/c1-32-23-38(28-40(25-32)52-48-15-7-3-11-42(48)43-12-4-8-16-49(43)52)34-19-21-36-27-37-22-20-35(31-47(37)46(36)30-34)39-24-33(2)26-41(29-39)53-50-17-9-5-13-44(50)45-14-6-10-18-51(45)53/h3-26,28-31H,27H2,1-2H3. The van der Waals surface area contributed by atoms with Crippen molar-refractivity contribution in [1.82, 2.24) is 9.13 Å². The average molecular weight is 677 g/mol. The molecule has 0 amide bonds. The molecular formula is C51H36N2. The van der Waals surface area contributed by atoms with E-state index in [1.807, 2.05) is 0 Å². The van der Waals surface area contributed by atoms with E-state index in [0.29, 0.717) is 0 Å². The lowest BCUT2D eigenvalue weighted by atomic mass is 9.95. The number of benzene rings is 8. The normalized spacial score (nSPS) is 12.3. The van der Waals surface area contributed by atoms with Crippen molar-refractivity contribution in [3.8, 4) is 44.8 Å². The predicted octanol–water partition coefficient (Wildman–Crippen LogP) is 13.4. The highest BCUT2D eigenvalue weighted by Crippen LogP contribution is 2.42. The second-order valence-corrected chi connectivity index (χ2v) is 14.8. The fourth-order valence-electron chi connectivity index (χ4n) is 9.05. The molecule has 2 nitrogen and oxygen atoms in total. The highest BCUT2D eigenvalue weighted by atomic mass is 15.0. The molecule has 10 aromatic rings. The van der Waals surface area contributed by atoms with Gasteiger partial charge >= 0.3 is 0 Å². The average Bonchev–Trinajstić information content (AvgIpc) is 3.84. The van der Waals surface area contributed by atoms with Gasteiger partial charge in [-0.25, -0.2) is 0 Å². The van der Waals surface area contributed by atoms with Crippen molar-refractivity contribution in [2.75, 3.05) is 0 Å². The van der Waals surface area contributed by atoms with Crippen LogP contribution in [0.15, 0.2) is 170 Å². The molecule has 0 spiro atoms. The summed E-state index contributed by atoms with van der Waals surface area (Å²) >= 11 is 0. The Bertz CT molecular complexity index is 2800. The van der Waals surface area contributed by atoms with Crippen LogP contribution in [0.3, 0.4) is 0 Å². The Kier molecular flexibility index (Phi) is 6.48. The largest absolute Gasteiger partial charge is 0.309 e. The SMILES string of the molecule is Cc1cc(-c2ccc3c(c2)-c2cc(-c4cc(C)cc(-n5c6ccccc6c6ccccc65)c4)ccc2C3)cc(-n2c3ccccc3c3ccccc32)c1. The summed E-state index contributed by atoms with van der Waals surface area (Å²) in [4.78, 5) is 0. The van der Waals surface area contributed by atoms with Gasteiger partial charge in [-0.1, -0.05) is 109 Å². The molecular weight excluding hydrogens is 641 g/mol. The second-order valence-electron chi connectivity index (χ2n) is 14.8. The van der Waals surface area contributed by atoms with Gasteiger partial charge in [0.25, 0.3) is 0 Å². The maximum atomic E-state index is 2.43. The first-order valence-corrected chi connectivity index (χ1v) is 18.5. The zero-order chi connectivity index (χ0) is 35.2. The van der Waals surface area contributed by atoms with Gasteiger partial charge in [-0.3, -0.25) is 0 Å². The van der Waals surface area contributed by atoms with Crippen molar-refractivity contribution in [2.24, 2.45) is 0 Å². The van der Waals surface area contributed by atoms with Crippen LogP contribution < -0.4 is 0 Å². The summed E-state index contributed by atoms with van der Waals surface area (Å²) < 4.78 is 4.84. The quantitative estimate of drug-likeness (QED) is 0.176. The Hall–Kier alpha value is -6.64. The summed E-state index contributed by atoms with van der Waals surface area (Å²) in [5.74, 6) is 0. The first-order chi connectivity index (χ1) is 26.1. The number of hydrogen-bond acceptors (Lipinski definition) is 0. The van der Waals surface area contributed by atoms with Crippen LogP contribution in [-0.2, 0) is 6.42 Å². The van der Waals surface area contributed by atoms with Crippen molar-refractivity contribution in [1.29, 1.82) is 0 Å². The summed E-state index contributed by atoms with van der Waals surface area (Å²) in [6.07, 6.45) is 0.964. The second kappa shape index (κ2) is 11.4. The third-order valence-corrected chi connectivity index (χ3v) is 11.4. The maximum Gasteiger partial charge on any atom is 0.0541 e. The minimum atomic E-state index is 0.964. The van der Waals surface area contributed by atoms with Gasteiger partial charge in [-0.05, 0) is 137 Å². The number of aryl methyl sites for hydroxylation is 2. The van der Waals surface area contributed by atoms with E-state index in [4.69, 9.17) is 0 Å². The number of fused-ring (bicyclic) bond motifs is 9. The van der Waals surface area contributed by atoms with Crippen molar-refractivity contribution >= 4 is 43.6 Å². The lowest BCUT2D eigenvalue weighted by Gasteiger charge is -2.14. The van der Waals surface area contributed by atoms with E-state index in [-0.39, 0.29) is 0 Å². The molecule has 0 fully saturated rings. The fraction of sp³-hybridized carbons (Fsp3) is 0.0588. The van der Waals surface area contributed by atoms with Crippen molar-refractivity contribution in [3.63, 3.8) is 0 Å². The number of hydrogen-bond donors (Lipinski definition) is 0. The number of aromatic nitrogens is 2. The smallest absolute Gasteiger partial charge is 0.0541 e. The molecule has 0 atom stereocenters. The van der Waals surface area contributed by atoms with Gasteiger partial charge in [-0.15, -0.1) is 0 Å². The number of nitrogens with zero attached hydrogens (tertiary/aromatic N) is 2. The molecule has 0 radical (unpaired) electrons. The van der Waals surface area contributed by atoms with E-state index >= 15 is 0 Å². The third-order valence-electron chi connectivity index (χ3n) is 11.4. The summed E-state index contributed by atoms with van der Waals surface area (Å²) in [6, 6.07) is 63.2. The van der Waals surface area contributed by atoms with Crippen molar-refractivity contribution < 1.29 is 0 Å². The molecule has 250 valence electrons. The highest BCUT2D eigenvalue weighted by molar-refractivity contribution is 6.10.